The molecule has 0 heterocycles. The van der Waals surface area contributed by atoms with Crippen LogP contribution in [-0.4, -0.2) is 19.1 Å². The summed E-state index contributed by atoms with van der Waals surface area (Å²) >= 11 is 0. The van der Waals surface area contributed by atoms with Gasteiger partial charge in [0.1, 0.15) is 0 Å². The van der Waals surface area contributed by atoms with Gasteiger partial charge in [0.05, 0.1) is 0 Å². The van der Waals surface area contributed by atoms with E-state index < -0.39 is 0 Å². The average Bonchev–Trinajstić information content (AvgIpc) is 2.08. The molecule has 0 bridgehead atoms. The molecule has 2 amide bonds. The van der Waals surface area contributed by atoms with Crippen LogP contribution in [0.25, 0.3) is 0 Å². The molecule has 0 aromatic heterocycles. The number of amides is 2. The Labute approximate surface area is 87.6 Å². The summed E-state index contributed by atoms with van der Waals surface area (Å²) in [6.45, 7) is 10.1. The van der Waals surface area contributed by atoms with Gasteiger partial charge in [-0.1, -0.05) is 27.7 Å². The smallest absolute Gasteiger partial charge is 0.314 e. The maximum absolute atomic E-state index is 11.2. The van der Waals surface area contributed by atoms with Crippen LogP contribution in [0.1, 0.15) is 40.5 Å². The number of urea groups is 1. The Kier molecular flexibility index (Phi) is 7.25. The van der Waals surface area contributed by atoms with Gasteiger partial charge < -0.3 is 10.6 Å². The van der Waals surface area contributed by atoms with Crippen molar-refractivity contribution in [3.05, 3.63) is 0 Å². The molecule has 0 aromatic carbocycles. The average molecular weight is 200 g/mol. The second-order valence-electron chi connectivity index (χ2n) is 4.57. The molecule has 0 fully saturated rings. The van der Waals surface area contributed by atoms with E-state index in [2.05, 4.69) is 38.3 Å². The van der Waals surface area contributed by atoms with Gasteiger partial charge in [-0.25, -0.2) is 4.79 Å². The Bertz CT molecular complexity index is 155. The summed E-state index contributed by atoms with van der Waals surface area (Å²) in [7, 11) is 0. The predicted molar refractivity (Wildman–Crippen MR) is 60.3 cm³/mol. The summed E-state index contributed by atoms with van der Waals surface area (Å²) in [6.07, 6.45) is 2.23. The van der Waals surface area contributed by atoms with E-state index in [0.717, 1.165) is 25.4 Å². The molecule has 0 saturated heterocycles. The Hall–Kier alpha value is -0.730. The first-order valence-electron chi connectivity index (χ1n) is 5.54. The van der Waals surface area contributed by atoms with Crippen molar-refractivity contribution in [1.29, 1.82) is 0 Å². The molecular weight excluding hydrogens is 176 g/mol. The number of hydrogen-bond acceptors (Lipinski definition) is 1. The molecule has 0 spiro atoms. The second kappa shape index (κ2) is 7.65. The minimum absolute atomic E-state index is 0.0394. The molecule has 3 heteroatoms. The van der Waals surface area contributed by atoms with Crippen molar-refractivity contribution in [1.82, 2.24) is 10.6 Å². The van der Waals surface area contributed by atoms with Crippen LogP contribution in [-0.2, 0) is 0 Å². The van der Waals surface area contributed by atoms with Crippen LogP contribution >= 0.6 is 0 Å². The van der Waals surface area contributed by atoms with E-state index in [1.807, 2.05) is 0 Å². The lowest BCUT2D eigenvalue weighted by Gasteiger charge is -2.09. The first-order valence-corrected chi connectivity index (χ1v) is 5.54. The maximum atomic E-state index is 11.2. The molecule has 0 aliphatic heterocycles. The number of carbonyl (C=O) groups excluding carboxylic acids is 1. The molecule has 0 unspecified atom stereocenters. The van der Waals surface area contributed by atoms with Gasteiger partial charge in [0.25, 0.3) is 0 Å². The molecule has 84 valence electrons. The van der Waals surface area contributed by atoms with E-state index in [1.54, 1.807) is 0 Å². The van der Waals surface area contributed by atoms with Crippen molar-refractivity contribution in [2.24, 2.45) is 11.8 Å². The molecule has 14 heavy (non-hydrogen) atoms. The normalized spacial score (nSPS) is 10.7. The van der Waals surface area contributed by atoms with E-state index in [9.17, 15) is 4.79 Å². The third-order valence-corrected chi connectivity index (χ3v) is 1.91. The zero-order chi connectivity index (χ0) is 11.0. The molecule has 0 saturated carbocycles. The van der Waals surface area contributed by atoms with E-state index in [0.29, 0.717) is 5.92 Å². The minimum atomic E-state index is -0.0394. The first-order chi connectivity index (χ1) is 6.52. The molecule has 2 N–H and O–H groups in total. The summed E-state index contributed by atoms with van der Waals surface area (Å²) in [5.41, 5.74) is 0. The lowest BCUT2D eigenvalue weighted by atomic mass is 10.1. The molecule has 0 aliphatic rings. The fourth-order valence-corrected chi connectivity index (χ4v) is 1.07. The summed E-state index contributed by atoms with van der Waals surface area (Å²) in [4.78, 5) is 11.2. The van der Waals surface area contributed by atoms with Gasteiger partial charge in [0, 0.05) is 13.1 Å². The quantitative estimate of drug-likeness (QED) is 0.635. The highest BCUT2D eigenvalue weighted by Gasteiger charge is 2.00. The highest BCUT2D eigenvalue weighted by atomic mass is 16.2. The standard InChI is InChI=1S/C11H24N2O/c1-9(2)6-5-7-12-11(14)13-8-10(3)4/h9-10H,5-8H2,1-4H3,(H2,12,13,14). The molecule has 0 rings (SSSR count). The predicted octanol–water partition coefficient (Wildman–Crippen LogP) is 2.38. The molecule has 0 atom stereocenters. The number of nitrogens with one attached hydrogen (secondary N) is 2. The van der Waals surface area contributed by atoms with E-state index in [1.165, 1.54) is 6.42 Å². The SMILES string of the molecule is CC(C)CCCNC(=O)NCC(C)C. The molecule has 0 aliphatic carbocycles. The lowest BCUT2D eigenvalue weighted by Crippen LogP contribution is -2.37. The van der Waals surface area contributed by atoms with Crippen LogP contribution in [0.5, 0.6) is 0 Å². The monoisotopic (exact) mass is 200 g/mol. The summed E-state index contributed by atoms with van der Waals surface area (Å²) in [5, 5.41) is 5.66. The van der Waals surface area contributed by atoms with Crippen molar-refractivity contribution in [2.75, 3.05) is 13.1 Å². The van der Waals surface area contributed by atoms with Gasteiger partial charge in [-0.2, -0.15) is 0 Å². The maximum Gasteiger partial charge on any atom is 0.314 e. The fraction of sp³-hybridized carbons (Fsp3) is 0.909. The summed E-state index contributed by atoms with van der Waals surface area (Å²) in [5.74, 6) is 1.23. The van der Waals surface area contributed by atoms with Crippen molar-refractivity contribution in [3.8, 4) is 0 Å². The van der Waals surface area contributed by atoms with E-state index >= 15 is 0 Å². The topological polar surface area (TPSA) is 41.1 Å². The largest absolute Gasteiger partial charge is 0.338 e. The molecule has 3 nitrogen and oxygen atoms in total. The number of hydrogen-bond donors (Lipinski definition) is 2. The van der Waals surface area contributed by atoms with E-state index in [-0.39, 0.29) is 6.03 Å². The van der Waals surface area contributed by atoms with Gasteiger partial charge in [-0.3, -0.25) is 0 Å². The lowest BCUT2D eigenvalue weighted by molar-refractivity contribution is 0.239. The Morgan fingerprint density at radius 1 is 1.07 bits per heavy atom. The van der Waals surface area contributed by atoms with Crippen LogP contribution in [0.3, 0.4) is 0 Å². The molecule has 0 radical (unpaired) electrons. The number of rotatable bonds is 6. The van der Waals surface area contributed by atoms with Crippen molar-refractivity contribution in [2.45, 2.75) is 40.5 Å². The second-order valence-corrected chi connectivity index (χ2v) is 4.57. The highest BCUT2D eigenvalue weighted by Crippen LogP contribution is 2.01. The summed E-state index contributed by atoms with van der Waals surface area (Å²) in [6, 6.07) is -0.0394. The van der Waals surface area contributed by atoms with Crippen LogP contribution in [0, 0.1) is 11.8 Å². The first kappa shape index (κ1) is 13.3. The number of carbonyl (C=O) groups is 1. The van der Waals surface area contributed by atoms with Gasteiger partial charge >= 0.3 is 6.03 Å². The highest BCUT2D eigenvalue weighted by molar-refractivity contribution is 5.73. The minimum Gasteiger partial charge on any atom is -0.338 e. The van der Waals surface area contributed by atoms with Gasteiger partial charge in [0.2, 0.25) is 0 Å². The Morgan fingerprint density at radius 2 is 1.71 bits per heavy atom. The van der Waals surface area contributed by atoms with Crippen molar-refractivity contribution < 1.29 is 4.79 Å². The van der Waals surface area contributed by atoms with Gasteiger partial charge in [-0.15, -0.1) is 0 Å². The van der Waals surface area contributed by atoms with Crippen molar-refractivity contribution in [3.63, 3.8) is 0 Å². The molecular formula is C11H24N2O. The third-order valence-electron chi connectivity index (χ3n) is 1.91. The Morgan fingerprint density at radius 3 is 2.21 bits per heavy atom. The zero-order valence-electron chi connectivity index (χ0n) is 9.89. The zero-order valence-corrected chi connectivity index (χ0v) is 9.89. The van der Waals surface area contributed by atoms with Crippen LogP contribution < -0.4 is 10.6 Å². The van der Waals surface area contributed by atoms with Gasteiger partial charge in [-0.05, 0) is 24.7 Å². The van der Waals surface area contributed by atoms with Gasteiger partial charge in [0.15, 0.2) is 0 Å². The van der Waals surface area contributed by atoms with Crippen LogP contribution in [0.15, 0.2) is 0 Å². The van der Waals surface area contributed by atoms with Crippen LogP contribution in [0.4, 0.5) is 4.79 Å². The van der Waals surface area contributed by atoms with Crippen molar-refractivity contribution >= 4 is 6.03 Å². The van der Waals surface area contributed by atoms with E-state index in [4.69, 9.17) is 0 Å². The Balaban J connectivity index is 3.27. The summed E-state index contributed by atoms with van der Waals surface area (Å²) < 4.78 is 0. The molecule has 0 aromatic rings. The third kappa shape index (κ3) is 9.36. The van der Waals surface area contributed by atoms with Crippen LogP contribution in [0.2, 0.25) is 0 Å². The fourth-order valence-electron chi connectivity index (χ4n) is 1.07.